The Morgan fingerprint density at radius 2 is 2.05 bits per heavy atom. The molecule has 0 aromatic heterocycles. The Labute approximate surface area is 128 Å². The van der Waals surface area contributed by atoms with E-state index < -0.39 is 0 Å². The summed E-state index contributed by atoms with van der Waals surface area (Å²) in [6, 6.07) is 5.09. The third kappa shape index (κ3) is 4.61. The summed E-state index contributed by atoms with van der Waals surface area (Å²) >= 11 is 6.08. The van der Waals surface area contributed by atoms with E-state index in [2.05, 4.69) is 10.6 Å². The second kappa shape index (κ2) is 7.28. The number of carbonyl (C=O) groups excluding carboxylic acids is 2. The van der Waals surface area contributed by atoms with E-state index in [1.165, 1.54) is 6.92 Å². The van der Waals surface area contributed by atoms with Crippen LogP contribution in [0.25, 0.3) is 0 Å². The highest BCUT2D eigenvalue weighted by Crippen LogP contribution is 2.25. The maximum Gasteiger partial charge on any atom is 0.242 e. The molecule has 0 bridgehead atoms. The Morgan fingerprint density at radius 1 is 1.33 bits per heavy atom. The fourth-order valence-corrected chi connectivity index (χ4v) is 2.22. The molecule has 1 heterocycles. The van der Waals surface area contributed by atoms with E-state index in [0.29, 0.717) is 42.7 Å². The van der Waals surface area contributed by atoms with Gasteiger partial charge in [-0.1, -0.05) is 11.6 Å². The van der Waals surface area contributed by atoms with Crippen molar-refractivity contribution < 1.29 is 14.3 Å². The predicted molar refractivity (Wildman–Crippen MR) is 81.6 cm³/mol. The van der Waals surface area contributed by atoms with Crippen LogP contribution in [0.4, 0.5) is 11.4 Å². The number of ether oxygens (including phenoxy) is 1. The van der Waals surface area contributed by atoms with Gasteiger partial charge >= 0.3 is 0 Å². The number of morpholine rings is 1. The monoisotopic (exact) mass is 311 g/mol. The molecule has 1 aromatic rings. The van der Waals surface area contributed by atoms with Crippen LogP contribution in [-0.4, -0.2) is 49.6 Å². The summed E-state index contributed by atoms with van der Waals surface area (Å²) < 4.78 is 5.21. The topological polar surface area (TPSA) is 70.7 Å². The number of amides is 2. The third-order valence-corrected chi connectivity index (χ3v) is 3.41. The van der Waals surface area contributed by atoms with Crippen LogP contribution in [0.3, 0.4) is 0 Å². The summed E-state index contributed by atoms with van der Waals surface area (Å²) in [5.41, 5.74) is 1.25. The van der Waals surface area contributed by atoms with Crippen LogP contribution in [0, 0.1) is 0 Å². The highest BCUT2D eigenvalue weighted by Gasteiger charge is 2.16. The van der Waals surface area contributed by atoms with Gasteiger partial charge in [-0.2, -0.15) is 0 Å². The van der Waals surface area contributed by atoms with Gasteiger partial charge in [-0.3, -0.25) is 9.59 Å². The lowest BCUT2D eigenvalue weighted by molar-refractivity contribution is -0.133. The Kier molecular flexibility index (Phi) is 5.41. The number of rotatable bonds is 4. The molecule has 0 atom stereocenters. The summed E-state index contributed by atoms with van der Waals surface area (Å²) in [5, 5.41) is 6.18. The number of anilines is 2. The molecule has 114 valence electrons. The second-order valence-corrected chi connectivity index (χ2v) is 5.13. The Hall–Kier alpha value is -1.79. The number of benzene rings is 1. The summed E-state index contributed by atoms with van der Waals surface area (Å²) in [6.07, 6.45) is 0. The molecule has 0 radical (unpaired) electrons. The molecule has 1 aromatic carbocycles. The lowest BCUT2D eigenvalue weighted by Crippen LogP contribution is -2.43. The number of nitrogens with one attached hydrogen (secondary N) is 2. The maximum atomic E-state index is 12.0. The lowest BCUT2D eigenvalue weighted by Gasteiger charge is -2.27. The van der Waals surface area contributed by atoms with E-state index in [0.717, 1.165) is 0 Å². The minimum Gasteiger partial charge on any atom is -0.378 e. The highest BCUT2D eigenvalue weighted by atomic mass is 35.5. The van der Waals surface area contributed by atoms with Crippen LogP contribution in [-0.2, 0) is 14.3 Å². The molecule has 7 heteroatoms. The minimum atomic E-state index is -0.160. The van der Waals surface area contributed by atoms with Gasteiger partial charge in [-0.25, -0.2) is 0 Å². The van der Waals surface area contributed by atoms with E-state index >= 15 is 0 Å². The summed E-state index contributed by atoms with van der Waals surface area (Å²) in [7, 11) is 0. The van der Waals surface area contributed by atoms with Crippen molar-refractivity contribution in [2.45, 2.75) is 6.92 Å². The molecule has 0 spiro atoms. The molecule has 0 unspecified atom stereocenters. The first-order valence-corrected chi connectivity index (χ1v) is 7.10. The zero-order valence-electron chi connectivity index (χ0n) is 11.8. The van der Waals surface area contributed by atoms with E-state index in [-0.39, 0.29) is 18.4 Å². The molecule has 0 saturated carbocycles. The largest absolute Gasteiger partial charge is 0.378 e. The van der Waals surface area contributed by atoms with Gasteiger partial charge in [0.15, 0.2) is 0 Å². The van der Waals surface area contributed by atoms with Gasteiger partial charge in [-0.05, 0) is 18.2 Å². The van der Waals surface area contributed by atoms with Crippen LogP contribution in [0.15, 0.2) is 18.2 Å². The number of carbonyl (C=O) groups is 2. The van der Waals surface area contributed by atoms with Gasteiger partial charge in [0.1, 0.15) is 0 Å². The van der Waals surface area contributed by atoms with Crippen molar-refractivity contribution >= 4 is 34.8 Å². The molecule has 21 heavy (non-hydrogen) atoms. The quantitative estimate of drug-likeness (QED) is 0.885. The van der Waals surface area contributed by atoms with Crippen LogP contribution in [0.2, 0.25) is 5.02 Å². The van der Waals surface area contributed by atoms with Crippen molar-refractivity contribution in [3.63, 3.8) is 0 Å². The predicted octanol–water partition coefficient (Wildman–Crippen LogP) is 1.57. The molecular weight excluding hydrogens is 294 g/mol. The first-order chi connectivity index (χ1) is 10.1. The van der Waals surface area contributed by atoms with Gasteiger partial charge in [0, 0.05) is 25.7 Å². The van der Waals surface area contributed by atoms with Gasteiger partial charge < -0.3 is 20.3 Å². The first-order valence-electron chi connectivity index (χ1n) is 6.73. The number of hydrogen-bond donors (Lipinski definition) is 2. The normalized spacial score (nSPS) is 14.7. The number of halogens is 1. The molecule has 2 amide bonds. The van der Waals surface area contributed by atoms with Gasteiger partial charge in [-0.15, -0.1) is 0 Å². The number of nitrogens with zero attached hydrogens (tertiary/aromatic N) is 1. The Balaban J connectivity index is 1.95. The smallest absolute Gasteiger partial charge is 0.242 e. The summed E-state index contributed by atoms with van der Waals surface area (Å²) in [6.45, 7) is 3.96. The average Bonchev–Trinajstić information content (AvgIpc) is 2.48. The zero-order valence-corrected chi connectivity index (χ0v) is 12.6. The molecule has 2 rings (SSSR count). The maximum absolute atomic E-state index is 12.0. The molecule has 2 N–H and O–H groups in total. The van der Waals surface area contributed by atoms with Crippen LogP contribution < -0.4 is 10.6 Å². The van der Waals surface area contributed by atoms with E-state index in [1.54, 1.807) is 23.1 Å². The van der Waals surface area contributed by atoms with E-state index in [9.17, 15) is 9.59 Å². The van der Waals surface area contributed by atoms with Crippen molar-refractivity contribution in [3.05, 3.63) is 23.2 Å². The Bertz CT molecular complexity index is 530. The average molecular weight is 312 g/mol. The molecule has 1 aliphatic heterocycles. The van der Waals surface area contributed by atoms with E-state index in [1.807, 2.05) is 0 Å². The highest BCUT2D eigenvalue weighted by molar-refractivity contribution is 6.33. The molecule has 1 aliphatic rings. The third-order valence-electron chi connectivity index (χ3n) is 3.08. The molecule has 0 aliphatic carbocycles. The molecule has 1 fully saturated rings. The van der Waals surface area contributed by atoms with Gasteiger partial charge in [0.25, 0.3) is 0 Å². The lowest BCUT2D eigenvalue weighted by atomic mass is 10.2. The van der Waals surface area contributed by atoms with Crippen molar-refractivity contribution in [1.29, 1.82) is 0 Å². The molecule has 6 nitrogen and oxygen atoms in total. The van der Waals surface area contributed by atoms with Crippen molar-refractivity contribution in [2.75, 3.05) is 43.5 Å². The fraction of sp³-hybridized carbons (Fsp3) is 0.429. The summed E-state index contributed by atoms with van der Waals surface area (Å²) in [5.74, 6) is -0.160. The fourth-order valence-electron chi connectivity index (χ4n) is 2.04. The standard InChI is InChI=1S/C14H18ClN3O3/c1-10(19)17-11-2-3-12(15)13(8-11)16-9-14(20)18-4-6-21-7-5-18/h2-3,8,16H,4-7,9H2,1H3,(H,17,19). The summed E-state index contributed by atoms with van der Waals surface area (Å²) in [4.78, 5) is 24.8. The minimum absolute atomic E-state index is 0.000651. The van der Waals surface area contributed by atoms with Gasteiger partial charge in [0.05, 0.1) is 30.5 Å². The molecule has 1 saturated heterocycles. The zero-order chi connectivity index (χ0) is 15.2. The van der Waals surface area contributed by atoms with Crippen molar-refractivity contribution in [1.82, 2.24) is 4.90 Å². The second-order valence-electron chi connectivity index (χ2n) is 4.72. The van der Waals surface area contributed by atoms with E-state index in [4.69, 9.17) is 16.3 Å². The van der Waals surface area contributed by atoms with Crippen molar-refractivity contribution in [3.8, 4) is 0 Å². The van der Waals surface area contributed by atoms with Crippen LogP contribution in [0.5, 0.6) is 0 Å². The number of hydrogen-bond acceptors (Lipinski definition) is 4. The first kappa shape index (κ1) is 15.6. The molecular formula is C14H18ClN3O3. The van der Waals surface area contributed by atoms with Crippen LogP contribution in [0.1, 0.15) is 6.92 Å². The SMILES string of the molecule is CC(=O)Nc1ccc(Cl)c(NCC(=O)N2CCOCC2)c1. The van der Waals surface area contributed by atoms with Crippen LogP contribution >= 0.6 is 11.6 Å². The Morgan fingerprint density at radius 3 is 2.71 bits per heavy atom. The van der Waals surface area contributed by atoms with Gasteiger partial charge in [0.2, 0.25) is 11.8 Å². The van der Waals surface area contributed by atoms with Crippen molar-refractivity contribution in [2.24, 2.45) is 0 Å².